The van der Waals surface area contributed by atoms with E-state index < -0.39 is 0 Å². The van der Waals surface area contributed by atoms with Gasteiger partial charge in [0.1, 0.15) is 0 Å². The molecule has 0 spiro atoms. The lowest BCUT2D eigenvalue weighted by Gasteiger charge is -2.04. The molecule has 0 bridgehead atoms. The Labute approximate surface area is 123 Å². The van der Waals surface area contributed by atoms with E-state index in [1.54, 1.807) is 11.3 Å². The first-order chi connectivity index (χ1) is 9.76. The first-order valence-electron chi connectivity index (χ1n) is 7.07. The third-order valence-corrected chi connectivity index (χ3v) is 4.61. The largest absolute Gasteiger partial charge is 0.346 e. The van der Waals surface area contributed by atoms with Gasteiger partial charge in [0, 0.05) is 16.9 Å². The first-order valence-corrected chi connectivity index (χ1v) is 7.95. The van der Waals surface area contributed by atoms with E-state index in [2.05, 4.69) is 17.2 Å². The summed E-state index contributed by atoms with van der Waals surface area (Å²) in [4.78, 5) is 16.6. The van der Waals surface area contributed by atoms with Crippen LogP contribution in [0.5, 0.6) is 0 Å². The van der Waals surface area contributed by atoms with Gasteiger partial charge in [-0.15, -0.1) is 11.3 Å². The number of carbonyl (C=O) groups excluding carboxylic acids is 1. The molecule has 1 aliphatic carbocycles. The molecule has 2 aromatic rings. The molecular weight excluding hydrogens is 268 g/mol. The van der Waals surface area contributed by atoms with Crippen molar-refractivity contribution in [1.82, 2.24) is 10.3 Å². The molecule has 1 saturated carbocycles. The number of thiazole rings is 1. The predicted molar refractivity (Wildman–Crippen MR) is 81.1 cm³/mol. The Morgan fingerprint density at radius 2 is 2.10 bits per heavy atom. The second kappa shape index (κ2) is 5.75. The van der Waals surface area contributed by atoms with Gasteiger partial charge in [0.25, 0.3) is 5.91 Å². The van der Waals surface area contributed by atoms with Crippen LogP contribution < -0.4 is 5.32 Å². The van der Waals surface area contributed by atoms with Gasteiger partial charge in [-0.2, -0.15) is 0 Å². The Bertz CT molecular complexity index is 599. The van der Waals surface area contributed by atoms with E-state index in [4.69, 9.17) is 0 Å². The maximum atomic E-state index is 12.0. The summed E-state index contributed by atoms with van der Waals surface area (Å²) in [6.07, 6.45) is 3.52. The number of benzene rings is 1. The second-order valence-electron chi connectivity index (χ2n) is 5.18. The van der Waals surface area contributed by atoms with Crippen molar-refractivity contribution in [2.24, 2.45) is 0 Å². The first kappa shape index (κ1) is 13.3. The molecule has 1 aromatic heterocycles. The van der Waals surface area contributed by atoms with Crippen molar-refractivity contribution >= 4 is 17.2 Å². The lowest BCUT2D eigenvalue weighted by molar-refractivity contribution is 0.0950. The highest BCUT2D eigenvalue weighted by atomic mass is 32.1. The third-order valence-electron chi connectivity index (χ3n) is 3.55. The van der Waals surface area contributed by atoms with Crippen LogP contribution in [0.25, 0.3) is 0 Å². The van der Waals surface area contributed by atoms with Crippen molar-refractivity contribution in [3.05, 3.63) is 51.5 Å². The quantitative estimate of drug-likeness (QED) is 0.914. The molecule has 1 aromatic carbocycles. The lowest BCUT2D eigenvalue weighted by Crippen LogP contribution is -2.22. The van der Waals surface area contributed by atoms with Gasteiger partial charge in [-0.05, 0) is 37.0 Å². The van der Waals surface area contributed by atoms with Gasteiger partial charge in [0.15, 0.2) is 0 Å². The Morgan fingerprint density at radius 3 is 2.75 bits per heavy atom. The molecule has 4 heteroatoms. The molecule has 3 nitrogen and oxygen atoms in total. The molecule has 1 heterocycles. The molecule has 0 radical (unpaired) electrons. The smallest absolute Gasteiger partial charge is 0.251 e. The van der Waals surface area contributed by atoms with Gasteiger partial charge in [-0.1, -0.05) is 19.1 Å². The second-order valence-corrected chi connectivity index (χ2v) is 6.07. The minimum Gasteiger partial charge on any atom is -0.346 e. The van der Waals surface area contributed by atoms with E-state index in [9.17, 15) is 4.79 Å². The van der Waals surface area contributed by atoms with Crippen LogP contribution in [-0.2, 0) is 13.0 Å². The molecular formula is C16H18N2OS. The fourth-order valence-electron chi connectivity index (χ4n) is 2.09. The summed E-state index contributed by atoms with van der Waals surface area (Å²) in [6, 6.07) is 7.77. The number of amides is 1. The summed E-state index contributed by atoms with van der Waals surface area (Å²) in [5.74, 6) is 0.652. The maximum Gasteiger partial charge on any atom is 0.251 e. The van der Waals surface area contributed by atoms with Gasteiger partial charge in [-0.25, -0.2) is 4.98 Å². The molecule has 104 valence electrons. The van der Waals surface area contributed by atoms with Crippen LogP contribution in [0.1, 0.15) is 52.3 Å². The van der Waals surface area contributed by atoms with Crippen LogP contribution in [0.4, 0.5) is 0 Å². The highest BCUT2D eigenvalue weighted by Gasteiger charge is 2.26. The van der Waals surface area contributed by atoms with Crippen LogP contribution in [0.15, 0.2) is 29.6 Å². The average Bonchev–Trinajstić information content (AvgIpc) is 3.24. The topological polar surface area (TPSA) is 42.0 Å². The van der Waals surface area contributed by atoms with E-state index in [1.807, 2.05) is 29.6 Å². The minimum absolute atomic E-state index is 0.0337. The molecule has 1 amide bonds. The minimum atomic E-state index is -0.0337. The molecule has 1 aliphatic rings. The number of hydrogen-bond donors (Lipinski definition) is 1. The van der Waals surface area contributed by atoms with E-state index in [-0.39, 0.29) is 5.91 Å². The SMILES string of the molecule is CCc1ccc(C(=O)NCc2csc(C3CC3)n2)cc1. The van der Waals surface area contributed by atoms with Gasteiger partial charge < -0.3 is 5.32 Å². The van der Waals surface area contributed by atoms with Crippen LogP contribution >= 0.6 is 11.3 Å². The number of aromatic nitrogens is 1. The normalized spacial score (nSPS) is 14.2. The Hall–Kier alpha value is -1.68. The van der Waals surface area contributed by atoms with Crippen molar-refractivity contribution in [3.8, 4) is 0 Å². The Kier molecular flexibility index (Phi) is 3.83. The summed E-state index contributed by atoms with van der Waals surface area (Å²) in [7, 11) is 0. The zero-order valence-electron chi connectivity index (χ0n) is 11.6. The number of nitrogens with zero attached hydrogens (tertiary/aromatic N) is 1. The van der Waals surface area contributed by atoms with Crippen LogP contribution in [0.2, 0.25) is 0 Å². The summed E-state index contributed by atoms with van der Waals surface area (Å²) in [6.45, 7) is 2.62. The van der Waals surface area contributed by atoms with Crippen LogP contribution in [0, 0.1) is 0 Å². The van der Waals surface area contributed by atoms with Crippen molar-refractivity contribution in [3.63, 3.8) is 0 Å². The maximum absolute atomic E-state index is 12.0. The number of nitrogens with one attached hydrogen (secondary N) is 1. The van der Waals surface area contributed by atoms with E-state index in [1.165, 1.54) is 23.4 Å². The molecule has 1 fully saturated rings. The fourth-order valence-corrected chi connectivity index (χ4v) is 3.08. The molecule has 20 heavy (non-hydrogen) atoms. The predicted octanol–water partition coefficient (Wildman–Crippen LogP) is 3.51. The summed E-state index contributed by atoms with van der Waals surface area (Å²) in [5.41, 5.74) is 2.92. The molecule has 0 atom stereocenters. The van der Waals surface area contributed by atoms with Crippen molar-refractivity contribution in [2.45, 2.75) is 38.6 Å². The molecule has 0 unspecified atom stereocenters. The number of rotatable bonds is 5. The zero-order valence-corrected chi connectivity index (χ0v) is 12.4. The third kappa shape index (κ3) is 3.07. The van der Waals surface area contributed by atoms with Gasteiger partial charge >= 0.3 is 0 Å². The zero-order chi connectivity index (χ0) is 13.9. The van der Waals surface area contributed by atoms with E-state index >= 15 is 0 Å². The van der Waals surface area contributed by atoms with Crippen LogP contribution in [0.3, 0.4) is 0 Å². The molecule has 0 saturated heterocycles. The molecule has 0 aliphatic heterocycles. The number of hydrogen-bond acceptors (Lipinski definition) is 3. The number of carbonyl (C=O) groups is 1. The van der Waals surface area contributed by atoms with Crippen molar-refractivity contribution in [2.75, 3.05) is 0 Å². The average molecular weight is 286 g/mol. The molecule has 3 rings (SSSR count). The monoisotopic (exact) mass is 286 g/mol. The standard InChI is InChI=1S/C16H18N2OS/c1-2-11-3-5-12(6-4-11)15(19)17-9-14-10-20-16(18-14)13-7-8-13/h3-6,10,13H,2,7-9H2,1H3,(H,17,19). The highest BCUT2D eigenvalue weighted by molar-refractivity contribution is 7.09. The summed E-state index contributed by atoms with van der Waals surface area (Å²) < 4.78 is 0. The van der Waals surface area contributed by atoms with Crippen molar-refractivity contribution < 1.29 is 4.79 Å². The number of aryl methyl sites for hydroxylation is 1. The van der Waals surface area contributed by atoms with Gasteiger partial charge in [-0.3, -0.25) is 4.79 Å². The van der Waals surface area contributed by atoms with E-state index in [0.717, 1.165) is 12.1 Å². The Morgan fingerprint density at radius 1 is 1.35 bits per heavy atom. The van der Waals surface area contributed by atoms with E-state index in [0.29, 0.717) is 18.0 Å². The highest BCUT2D eigenvalue weighted by Crippen LogP contribution is 2.41. The molecule has 1 N–H and O–H groups in total. The lowest BCUT2D eigenvalue weighted by atomic mass is 10.1. The van der Waals surface area contributed by atoms with Crippen molar-refractivity contribution in [1.29, 1.82) is 0 Å². The van der Waals surface area contributed by atoms with Crippen LogP contribution in [-0.4, -0.2) is 10.9 Å². The van der Waals surface area contributed by atoms with Gasteiger partial charge in [0.2, 0.25) is 0 Å². The summed E-state index contributed by atoms with van der Waals surface area (Å²) in [5, 5.41) is 6.20. The fraction of sp³-hybridized carbons (Fsp3) is 0.375. The van der Waals surface area contributed by atoms with Gasteiger partial charge in [0.05, 0.1) is 17.2 Å². The summed E-state index contributed by atoms with van der Waals surface area (Å²) >= 11 is 1.71. The Balaban J connectivity index is 1.57.